The molecular formula is C16H14BrClFNO2. The van der Waals surface area contributed by atoms with Crippen LogP contribution in [0, 0.1) is 12.7 Å². The van der Waals surface area contributed by atoms with Gasteiger partial charge in [-0.1, -0.05) is 39.7 Å². The normalized spacial score (nSPS) is 11.9. The predicted molar refractivity (Wildman–Crippen MR) is 89.0 cm³/mol. The molecule has 3 nitrogen and oxygen atoms in total. The summed E-state index contributed by atoms with van der Waals surface area (Å²) >= 11 is 9.46. The van der Waals surface area contributed by atoms with E-state index in [1.807, 2.05) is 13.0 Å². The molecule has 0 aliphatic heterocycles. The summed E-state index contributed by atoms with van der Waals surface area (Å²) in [5.41, 5.74) is 0.909. The van der Waals surface area contributed by atoms with E-state index in [1.165, 1.54) is 12.1 Å². The molecule has 1 amide bonds. The van der Waals surface area contributed by atoms with Crippen LogP contribution in [0.25, 0.3) is 0 Å². The van der Waals surface area contributed by atoms with Gasteiger partial charge in [0.05, 0.1) is 10.7 Å². The van der Waals surface area contributed by atoms with Gasteiger partial charge in [-0.15, -0.1) is 0 Å². The molecule has 0 bridgehead atoms. The number of hydrogen-bond acceptors (Lipinski definition) is 2. The third-order valence-corrected chi connectivity index (χ3v) is 3.73. The van der Waals surface area contributed by atoms with E-state index in [0.717, 1.165) is 10.0 Å². The van der Waals surface area contributed by atoms with Gasteiger partial charge in [-0.25, -0.2) is 4.39 Å². The number of nitrogens with one attached hydrogen (secondary N) is 1. The fourth-order valence-electron chi connectivity index (χ4n) is 1.87. The van der Waals surface area contributed by atoms with Crippen LogP contribution in [0.3, 0.4) is 0 Å². The highest BCUT2D eigenvalue weighted by Gasteiger charge is 2.19. The van der Waals surface area contributed by atoms with Crippen molar-refractivity contribution in [3.63, 3.8) is 0 Å². The highest BCUT2D eigenvalue weighted by molar-refractivity contribution is 9.10. The monoisotopic (exact) mass is 385 g/mol. The van der Waals surface area contributed by atoms with Gasteiger partial charge in [0.25, 0.3) is 5.91 Å². The van der Waals surface area contributed by atoms with Gasteiger partial charge in [0.2, 0.25) is 0 Å². The van der Waals surface area contributed by atoms with Crippen molar-refractivity contribution in [2.75, 3.05) is 5.32 Å². The number of anilines is 1. The number of carbonyl (C=O) groups is 1. The van der Waals surface area contributed by atoms with Crippen molar-refractivity contribution in [1.29, 1.82) is 0 Å². The minimum absolute atomic E-state index is 0.113. The summed E-state index contributed by atoms with van der Waals surface area (Å²) in [6.07, 6.45) is -0.822. The molecule has 22 heavy (non-hydrogen) atoms. The maximum Gasteiger partial charge on any atom is 0.265 e. The Balaban J connectivity index is 2.11. The molecule has 0 heterocycles. The first-order valence-electron chi connectivity index (χ1n) is 6.56. The fourth-order valence-corrected chi connectivity index (χ4v) is 2.88. The zero-order valence-electron chi connectivity index (χ0n) is 12.0. The summed E-state index contributed by atoms with van der Waals surface area (Å²) in [5.74, 6) is -0.523. The number of carbonyl (C=O) groups excluding carboxylic acids is 1. The van der Waals surface area contributed by atoms with Crippen molar-refractivity contribution in [2.24, 2.45) is 0 Å². The van der Waals surface area contributed by atoms with Gasteiger partial charge in [0, 0.05) is 4.47 Å². The second kappa shape index (κ2) is 7.11. The molecule has 1 atom stereocenters. The summed E-state index contributed by atoms with van der Waals surface area (Å²) in [6.45, 7) is 3.40. The van der Waals surface area contributed by atoms with Gasteiger partial charge in [0.15, 0.2) is 6.10 Å². The molecule has 2 rings (SSSR count). The number of rotatable bonds is 4. The smallest absolute Gasteiger partial charge is 0.265 e. The van der Waals surface area contributed by atoms with Crippen LogP contribution in [-0.2, 0) is 4.79 Å². The van der Waals surface area contributed by atoms with Crippen LogP contribution in [-0.4, -0.2) is 12.0 Å². The molecule has 0 saturated heterocycles. The van der Waals surface area contributed by atoms with Crippen molar-refractivity contribution < 1.29 is 13.9 Å². The second-order valence-electron chi connectivity index (χ2n) is 4.76. The van der Waals surface area contributed by atoms with Crippen molar-refractivity contribution in [3.05, 3.63) is 57.3 Å². The topological polar surface area (TPSA) is 38.3 Å². The van der Waals surface area contributed by atoms with Crippen LogP contribution >= 0.6 is 27.5 Å². The van der Waals surface area contributed by atoms with E-state index >= 15 is 0 Å². The van der Waals surface area contributed by atoms with E-state index < -0.39 is 17.8 Å². The first kappa shape index (κ1) is 16.8. The quantitative estimate of drug-likeness (QED) is 0.807. The van der Waals surface area contributed by atoms with E-state index in [-0.39, 0.29) is 5.69 Å². The standard InChI is InChI=1S/C16H14BrClFNO2/c1-9-7-11(17)8-12(18)15(9)22-10(2)16(21)20-14-6-4-3-5-13(14)19/h3-8,10H,1-2H3,(H,20,21)/t10-/m1/s1. The van der Waals surface area contributed by atoms with Gasteiger partial charge in [0.1, 0.15) is 11.6 Å². The first-order chi connectivity index (χ1) is 10.4. The number of para-hydroxylation sites is 1. The van der Waals surface area contributed by atoms with E-state index in [9.17, 15) is 9.18 Å². The maximum atomic E-state index is 13.5. The minimum atomic E-state index is -0.822. The molecule has 2 aromatic rings. The third-order valence-electron chi connectivity index (χ3n) is 2.99. The Hall–Kier alpha value is -1.59. The number of halogens is 3. The lowest BCUT2D eigenvalue weighted by atomic mass is 10.2. The Bertz CT molecular complexity index is 685. The zero-order valence-corrected chi connectivity index (χ0v) is 14.3. The fraction of sp³-hybridized carbons (Fsp3) is 0.188. The van der Waals surface area contributed by atoms with E-state index in [1.54, 1.807) is 25.1 Å². The van der Waals surface area contributed by atoms with Crippen LogP contribution in [0.15, 0.2) is 40.9 Å². The SMILES string of the molecule is Cc1cc(Br)cc(Cl)c1O[C@H](C)C(=O)Nc1ccccc1F. The Morgan fingerprint density at radius 1 is 1.36 bits per heavy atom. The molecule has 6 heteroatoms. The van der Waals surface area contributed by atoms with Crippen molar-refractivity contribution in [1.82, 2.24) is 0 Å². The molecular weight excluding hydrogens is 373 g/mol. The molecule has 0 aliphatic carbocycles. The van der Waals surface area contributed by atoms with Crippen LogP contribution < -0.4 is 10.1 Å². The molecule has 116 valence electrons. The van der Waals surface area contributed by atoms with Crippen LogP contribution in [0.1, 0.15) is 12.5 Å². The first-order valence-corrected chi connectivity index (χ1v) is 7.73. The summed E-state index contributed by atoms with van der Waals surface area (Å²) in [5, 5.41) is 2.89. The average Bonchev–Trinajstić information content (AvgIpc) is 2.45. The summed E-state index contributed by atoms with van der Waals surface area (Å²) in [4.78, 5) is 12.1. The lowest BCUT2D eigenvalue weighted by Crippen LogP contribution is -2.30. The van der Waals surface area contributed by atoms with Crippen molar-refractivity contribution in [2.45, 2.75) is 20.0 Å². The Morgan fingerprint density at radius 2 is 2.05 bits per heavy atom. The molecule has 0 fully saturated rings. The van der Waals surface area contributed by atoms with E-state index in [0.29, 0.717) is 10.8 Å². The van der Waals surface area contributed by atoms with Gasteiger partial charge in [-0.2, -0.15) is 0 Å². The van der Waals surface area contributed by atoms with Crippen molar-refractivity contribution >= 4 is 39.1 Å². The summed E-state index contributed by atoms with van der Waals surface area (Å²) in [7, 11) is 0. The summed E-state index contributed by atoms with van der Waals surface area (Å²) in [6, 6.07) is 9.47. The average molecular weight is 387 g/mol. The Labute approximate surface area is 141 Å². The molecule has 0 unspecified atom stereocenters. The van der Waals surface area contributed by atoms with Crippen LogP contribution in [0.4, 0.5) is 10.1 Å². The number of benzene rings is 2. The maximum absolute atomic E-state index is 13.5. The predicted octanol–water partition coefficient (Wildman–Crippen LogP) is 4.96. The third kappa shape index (κ3) is 3.99. The number of hydrogen-bond donors (Lipinski definition) is 1. The van der Waals surface area contributed by atoms with Crippen LogP contribution in [0.5, 0.6) is 5.75 Å². The van der Waals surface area contributed by atoms with Crippen molar-refractivity contribution in [3.8, 4) is 5.75 Å². The molecule has 1 N–H and O–H groups in total. The number of aryl methyl sites for hydroxylation is 1. The highest BCUT2D eigenvalue weighted by atomic mass is 79.9. The van der Waals surface area contributed by atoms with Crippen LogP contribution in [0.2, 0.25) is 5.02 Å². The van der Waals surface area contributed by atoms with E-state index in [2.05, 4.69) is 21.2 Å². The lowest BCUT2D eigenvalue weighted by Gasteiger charge is -2.17. The lowest BCUT2D eigenvalue weighted by molar-refractivity contribution is -0.122. The Morgan fingerprint density at radius 3 is 2.68 bits per heavy atom. The minimum Gasteiger partial charge on any atom is -0.479 e. The van der Waals surface area contributed by atoms with Gasteiger partial charge >= 0.3 is 0 Å². The molecule has 0 aromatic heterocycles. The molecule has 0 aliphatic rings. The number of amides is 1. The number of ether oxygens (including phenoxy) is 1. The second-order valence-corrected chi connectivity index (χ2v) is 6.09. The largest absolute Gasteiger partial charge is 0.479 e. The van der Waals surface area contributed by atoms with E-state index in [4.69, 9.17) is 16.3 Å². The molecule has 2 aromatic carbocycles. The molecule has 0 radical (unpaired) electrons. The van der Waals surface area contributed by atoms with Gasteiger partial charge in [-0.3, -0.25) is 4.79 Å². The highest BCUT2D eigenvalue weighted by Crippen LogP contribution is 2.32. The van der Waals surface area contributed by atoms with Gasteiger partial charge < -0.3 is 10.1 Å². The summed E-state index contributed by atoms with van der Waals surface area (Å²) < 4.78 is 20.0. The Kier molecular flexibility index (Phi) is 5.42. The molecule has 0 saturated carbocycles. The van der Waals surface area contributed by atoms with Gasteiger partial charge in [-0.05, 0) is 43.7 Å². The molecule has 0 spiro atoms. The zero-order chi connectivity index (χ0) is 16.3.